The molecule has 1 aliphatic heterocycles. The molecule has 0 aromatic heterocycles. The fraction of sp³-hybridized carbons (Fsp3) is 0.433. The van der Waals surface area contributed by atoms with Gasteiger partial charge in [0.05, 0.1) is 30.0 Å². The number of ether oxygens (including phenoxy) is 1. The van der Waals surface area contributed by atoms with E-state index in [-0.39, 0.29) is 43.3 Å². The molecule has 3 rings (SSSR count). The molecule has 2 aromatic carbocycles. The number of hydrogen-bond donors (Lipinski definition) is 3. The Bertz CT molecular complexity index is 1050. The second-order valence-corrected chi connectivity index (χ2v) is 10.3. The van der Waals surface area contributed by atoms with Crippen molar-refractivity contribution >= 4 is 17.8 Å². The van der Waals surface area contributed by atoms with Crippen molar-refractivity contribution in [2.75, 3.05) is 13.2 Å². The Kier molecular flexibility index (Phi) is 10.4. The van der Waals surface area contributed by atoms with Crippen LogP contribution in [0.3, 0.4) is 0 Å². The lowest BCUT2D eigenvalue weighted by Gasteiger charge is -2.29. The Morgan fingerprint density at radius 3 is 2.22 bits per heavy atom. The Morgan fingerprint density at radius 1 is 1.00 bits per heavy atom. The van der Waals surface area contributed by atoms with Gasteiger partial charge < -0.3 is 20.5 Å². The lowest BCUT2D eigenvalue weighted by molar-refractivity contribution is -0.151. The van der Waals surface area contributed by atoms with Crippen LogP contribution in [0.2, 0.25) is 0 Å². The summed E-state index contributed by atoms with van der Waals surface area (Å²) in [6, 6.07) is 19.0. The van der Waals surface area contributed by atoms with Crippen LogP contribution in [0, 0.1) is 11.8 Å². The summed E-state index contributed by atoms with van der Waals surface area (Å²) in [5.74, 6) is -1.78. The van der Waals surface area contributed by atoms with Crippen LogP contribution in [0.25, 0.3) is 0 Å². The number of aliphatic hydroxyl groups excluding tert-OH is 1. The molecule has 0 unspecified atom stereocenters. The second-order valence-electron chi connectivity index (χ2n) is 10.3. The first-order chi connectivity index (χ1) is 17.8. The maximum atomic E-state index is 13.1. The summed E-state index contributed by atoms with van der Waals surface area (Å²) in [5.41, 5.74) is 1.28. The zero-order valence-electron chi connectivity index (χ0n) is 21.7. The summed E-state index contributed by atoms with van der Waals surface area (Å²) >= 11 is 0. The standard InChI is InChI=1S/C30H38N2O5/c1-30(2)21-37-29(36)25(17-22-11-5-3-6-12-22)16-10-9-15-24(28(35)32-30)19-27(34)31-26(20-33)18-23-13-7-4-8-14-23/h3-14,24-26,33H,15-21H2,1-2H3,(H,31,34)(H,32,35)/t24-,25+,26+/m1/s1. The number of allylic oxidation sites excluding steroid dienone is 2. The Hall–Kier alpha value is -3.45. The number of benzene rings is 2. The number of cyclic esters (lactones) is 1. The largest absolute Gasteiger partial charge is 0.463 e. The van der Waals surface area contributed by atoms with Gasteiger partial charge >= 0.3 is 5.97 Å². The van der Waals surface area contributed by atoms with Gasteiger partial charge in [-0.2, -0.15) is 0 Å². The third-order valence-electron chi connectivity index (χ3n) is 6.42. The van der Waals surface area contributed by atoms with Gasteiger partial charge in [0.1, 0.15) is 6.61 Å². The molecule has 0 spiro atoms. The quantitative estimate of drug-likeness (QED) is 0.376. The Balaban J connectivity index is 1.67. The van der Waals surface area contributed by atoms with E-state index in [1.165, 1.54) is 0 Å². The molecule has 1 heterocycles. The van der Waals surface area contributed by atoms with Crippen LogP contribution in [0.15, 0.2) is 72.8 Å². The Morgan fingerprint density at radius 2 is 1.59 bits per heavy atom. The number of amides is 2. The fourth-order valence-corrected chi connectivity index (χ4v) is 4.38. The van der Waals surface area contributed by atoms with E-state index in [0.29, 0.717) is 25.7 Å². The van der Waals surface area contributed by atoms with E-state index in [9.17, 15) is 19.5 Å². The summed E-state index contributed by atoms with van der Waals surface area (Å²) in [6.07, 6.45) is 5.66. The molecule has 198 valence electrons. The van der Waals surface area contributed by atoms with Crippen LogP contribution in [0.1, 0.15) is 44.2 Å². The van der Waals surface area contributed by atoms with Crippen molar-refractivity contribution < 1.29 is 24.2 Å². The van der Waals surface area contributed by atoms with Crippen molar-refractivity contribution in [3.05, 3.63) is 83.9 Å². The van der Waals surface area contributed by atoms with Gasteiger partial charge in [-0.1, -0.05) is 72.8 Å². The first-order valence-electron chi connectivity index (χ1n) is 12.9. The molecule has 1 aliphatic rings. The average Bonchev–Trinajstić information content (AvgIpc) is 2.88. The minimum atomic E-state index is -0.789. The molecule has 3 atom stereocenters. The molecule has 2 aromatic rings. The normalized spacial score (nSPS) is 21.1. The predicted molar refractivity (Wildman–Crippen MR) is 142 cm³/mol. The zero-order valence-corrected chi connectivity index (χ0v) is 21.7. The maximum absolute atomic E-state index is 13.1. The maximum Gasteiger partial charge on any atom is 0.309 e. The van der Waals surface area contributed by atoms with E-state index in [0.717, 1.165) is 11.1 Å². The Labute approximate surface area is 219 Å². The molecule has 2 amide bonds. The first-order valence-corrected chi connectivity index (χ1v) is 12.9. The summed E-state index contributed by atoms with van der Waals surface area (Å²) in [7, 11) is 0. The van der Waals surface area contributed by atoms with E-state index < -0.39 is 17.5 Å². The number of hydrogen-bond acceptors (Lipinski definition) is 5. The molecule has 0 aliphatic carbocycles. The van der Waals surface area contributed by atoms with Crippen LogP contribution >= 0.6 is 0 Å². The SMILES string of the molecule is CC1(C)COC(=O)[C@H](Cc2ccccc2)CC=CC[C@H](CC(=O)N[C@H](CO)Cc2ccccc2)C(=O)N1. The molecule has 0 bridgehead atoms. The van der Waals surface area contributed by atoms with Gasteiger partial charge in [-0.25, -0.2) is 0 Å². The predicted octanol–water partition coefficient (Wildman–Crippen LogP) is 3.36. The highest BCUT2D eigenvalue weighted by Gasteiger charge is 2.30. The zero-order chi connectivity index (χ0) is 26.7. The highest BCUT2D eigenvalue weighted by Crippen LogP contribution is 2.20. The van der Waals surface area contributed by atoms with Crippen molar-refractivity contribution in [3.63, 3.8) is 0 Å². The van der Waals surface area contributed by atoms with Crippen LogP contribution in [0.4, 0.5) is 0 Å². The second kappa shape index (κ2) is 13.7. The van der Waals surface area contributed by atoms with Crippen molar-refractivity contribution in [3.8, 4) is 0 Å². The molecular formula is C30H38N2O5. The van der Waals surface area contributed by atoms with E-state index in [4.69, 9.17) is 4.74 Å². The molecule has 7 heteroatoms. The molecule has 0 saturated heterocycles. The molecule has 0 saturated carbocycles. The number of aliphatic hydroxyl groups is 1. The lowest BCUT2D eigenvalue weighted by Crippen LogP contribution is -2.50. The minimum absolute atomic E-state index is 0.00915. The number of nitrogens with one attached hydrogen (secondary N) is 2. The fourth-order valence-electron chi connectivity index (χ4n) is 4.38. The van der Waals surface area contributed by atoms with E-state index >= 15 is 0 Å². The van der Waals surface area contributed by atoms with E-state index in [1.54, 1.807) is 13.8 Å². The minimum Gasteiger partial charge on any atom is -0.463 e. The number of rotatable bonds is 8. The molecule has 3 N–H and O–H groups in total. The van der Waals surface area contributed by atoms with Crippen LogP contribution in [-0.2, 0) is 32.0 Å². The van der Waals surface area contributed by atoms with E-state index in [1.807, 2.05) is 72.8 Å². The monoisotopic (exact) mass is 506 g/mol. The number of carbonyl (C=O) groups excluding carboxylic acids is 3. The molecule has 0 fully saturated rings. The van der Waals surface area contributed by atoms with Gasteiger partial charge in [0.25, 0.3) is 0 Å². The third-order valence-corrected chi connectivity index (χ3v) is 6.42. The van der Waals surface area contributed by atoms with Crippen molar-refractivity contribution in [2.24, 2.45) is 11.8 Å². The summed E-state index contributed by atoms with van der Waals surface area (Å²) in [5, 5.41) is 15.6. The van der Waals surface area contributed by atoms with Gasteiger partial charge in [-0.3, -0.25) is 14.4 Å². The first kappa shape index (κ1) is 28.1. The van der Waals surface area contributed by atoms with Crippen molar-refractivity contribution in [2.45, 2.75) is 57.5 Å². The van der Waals surface area contributed by atoms with Crippen LogP contribution in [0.5, 0.6) is 0 Å². The van der Waals surface area contributed by atoms with Crippen LogP contribution in [-0.4, -0.2) is 47.7 Å². The molecular weight excluding hydrogens is 468 g/mol. The van der Waals surface area contributed by atoms with Gasteiger partial charge in [-0.15, -0.1) is 0 Å². The summed E-state index contributed by atoms with van der Waals surface area (Å²) in [6.45, 7) is 3.43. The number of carbonyl (C=O) groups is 3. The molecule has 0 radical (unpaired) electrons. The lowest BCUT2D eigenvalue weighted by atomic mass is 9.93. The van der Waals surface area contributed by atoms with E-state index in [2.05, 4.69) is 10.6 Å². The molecule has 7 nitrogen and oxygen atoms in total. The van der Waals surface area contributed by atoms with Crippen molar-refractivity contribution in [1.29, 1.82) is 0 Å². The average molecular weight is 507 g/mol. The number of esters is 1. The van der Waals surface area contributed by atoms with Gasteiger partial charge in [0.2, 0.25) is 11.8 Å². The highest BCUT2D eigenvalue weighted by atomic mass is 16.5. The van der Waals surface area contributed by atoms with Gasteiger partial charge in [-0.05, 0) is 50.7 Å². The highest BCUT2D eigenvalue weighted by molar-refractivity contribution is 5.86. The topological polar surface area (TPSA) is 105 Å². The van der Waals surface area contributed by atoms with Crippen molar-refractivity contribution in [1.82, 2.24) is 10.6 Å². The van der Waals surface area contributed by atoms with Gasteiger partial charge in [0.15, 0.2) is 0 Å². The summed E-state index contributed by atoms with van der Waals surface area (Å²) < 4.78 is 5.61. The third kappa shape index (κ3) is 9.50. The summed E-state index contributed by atoms with van der Waals surface area (Å²) in [4.78, 5) is 38.8. The molecule has 37 heavy (non-hydrogen) atoms. The smallest absolute Gasteiger partial charge is 0.309 e. The van der Waals surface area contributed by atoms with Crippen LogP contribution < -0.4 is 10.6 Å². The van der Waals surface area contributed by atoms with Gasteiger partial charge in [0, 0.05) is 6.42 Å².